The Labute approximate surface area is 184 Å². The van der Waals surface area contributed by atoms with Crippen molar-refractivity contribution in [2.75, 3.05) is 0 Å². The maximum absolute atomic E-state index is 13.0. The average Bonchev–Trinajstić information content (AvgIpc) is 3.44. The summed E-state index contributed by atoms with van der Waals surface area (Å²) >= 11 is -5.11. The fourth-order valence-electron chi connectivity index (χ4n) is 5.07. The number of rotatable bonds is 6. The van der Waals surface area contributed by atoms with E-state index in [1.807, 2.05) is 47.6 Å². The summed E-state index contributed by atoms with van der Waals surface area (Å²) in [6, 6.07) is 16.1. The van der Waals surface area contributed by atoms with E-state index in [-0.39, 0.29) is 33.2 Å². The molecule has 0 aliphatic heterocycles. The van der Waals surface area contributed by atoms with Gasteiger partial charge in [-0.1, -0.05) is 0 Å². The third-order valence-corrected chi connectivity index (χ3v) is 15.9. The second-order valence-electron chi connectivity index (χ2n) is 8.17. The van der Waals surface area contributed by atoms with Gasteiger partial charge in [-0.2, -0.15) is 0 Å². The summed E-state index contributed by atoms with van der Waals surface area (Å²) in [6.07, 6.45) is 8.68. The Hall–Kier alpha value is -2.56. The molecule has 0 bridgehead atoms. The molecule has 2 aromatic rings. The number of carbonyl (C=O) groups is 2. The SMILES string of the molecule is C[CH]=[Ti]([O]C(=O)CC)([O]C(=O)CC)([CH]1C=Cc2ccccc21)[CH]1C=Cc2ccccc21. The summed E-state index contributed by atoms with van der Waals surface area (Å²) in [5, 5.41) is 0. The van der Waals surface area contributed by atoms with Crippen LogP contribution in [-0.4, -0.2) is 16.3 Å². The zero-order valence-corrected chi connectivity index (χ0v) is 19.8. The first kappa shape index (κ1) is 21.7. The third-order valence-electron chi connectivity index (χ3n) is 6.64. The normalized spacial score (nSPS) is 19.0. The van der Waals surface area contributed by atoms with E-state index in [2.05, 4.69) is 36.4 Å². The molecule has 0 saturated heterocycles. The van der Waals surface area contributed by atoms with Gasteiger partial charge < -0.3 is 0 Å². The Morgan fingerprint density at radius 3 is 1.61 bits per heavy atom. The molecule has 0 N–H and O–H groups in total. The fourth-order valence-corrected chi connectivity index (χ4v) is 14.2. The van der Waals surface area contributed by atoms with Crippen molar-refractivity contribution < 1.29 is 31.8 Å². The number of hydrogen-bond acceptors (Lipinski definition) is 4. The molecule has 4 nitrogen and oxygen atoms in total. The standard InChI is InChI=1S/2C9H7.2C3H6O2.C2H4.Ti/c2*1-2-5-9-7-3-6-8(9)4-1;2*1-2-3(4)5;1-2;/h2*1-7H;2*2H2,1H3,(H,4,5);1H,2H3;/q;;;;;+2/p-2. The molecule has 4 rings (SSSR count). The summed E-state index contributed by atoms with van der Waals surface area (Å²) < 4.78 is 14.4. The Bertz CT molecular complexity index is 1080. The Kier molecular flexibility index (Phi) is 5.72. The van der Waals surface area contributed by atoms with Crippen molar-refractivity contribution in [3.05, 3.63) is 82.9 Å². The van der Waals surface area contributed by atoms with Crippen LogP contribution in [-0.2, 0) is 31.8 Å². The van der Waals surface area contributed by atoms with Crippen LogP contribution in [0.3, 0.4) is 0 Å². The summed E-state index contributed by atoms with van der Waals surface area (Å²) in [5.41, 5.74) is 4.23. The molecule has 160 valence electrons. The molecule has 31 heavy (non-hydrogen) atoms. The summed E-state index contributed by atoms with van der Waals surface area (Å²) in [4.78, 5) is 25.9. The van der Waals surface area contributed by atoms with Crippen LogP contribution in [0.4, 0.5) is 0 Å². The molecular formula is C26H28O4Ti. The second kappa shape index (κ2) is 8.18. The average molecular weight is 452 g/mol. The molecule has 2 aromatic carbocycles. The quantitative estimate of drug-likeness (QED) is 0.522. The molecule has 2 aliphatic rings. The Morgan fingerprint density at radius 1 is 0.806 bits per heavy atom. The van der Waals surface area contributed by atoms with Crippen molar-refractivity contribution in [2.24, 2.45) is 0 Å². The van der Waals surface area contributed by atoms with Crippen LogP contribution in [0.5, 0.6) is 0 Å². The van der Waals surface area contributed by atoms with E-state index >= 15 is 0 Å². The molecule has 0 amide bonds. The number of hydrogen-bond donors (Lipinski definition) is 0. The molecule has 0 saturated carbocycles. The van der Waals surface area contributed by atoms with Gasteiger partial charge in [0.1, 0.15) is 0 Å². The van der Waals surface area contributed by atoms with Gasteiger partial charge in [-0.15, -0.1) is 0 Å². The molecule has 0 spiro atoms. The molecule has 0 aromatic heterocycles. The number of benzene rings is 2. The molecule has 5 heteroatoms. The first-order chi connectivity index (χ1) is 15.0. The van der Waals surface area contributed by atoms with Crippen molar-refractivity contribution in [2.45, 2.75) is 42.1 Å². The maximum atomic E-state index is 13.0. The van der Waals surface area contributed by atoms with Crippen LogP contribution in [0.15, 0.2) is 60.7 Å². The predicted molar refractivity (Wildman–Crippen MR) is 121 cm³/mol. The first-order valence-electron chi connectivity index (χ1n) is 10.9. The molecular weight excluding hydrogens is 424 g/mol. The van der Waals surface area contributed by atoms with E-state index in [1.165, 1.54) is 0 Å². The Morgan fingerprint density at radius 2 is 1.23 bits per heavy atom. The van der Waals surface area contributed by atoms with Gasteiger partial charge in [-0.3, -0.25) is 0 Å². The van der Waals surface area contributed by atoms with Crippen LogP contribution in [0.1, 0.15) is 64.3 Å². The van der Waals surface area contributed by atoms with Crippen molar-refractivity contribution >= 4 is 28.4 Å². The molecule has 0 radical (unpaired) electrons. The van der Waals surface area contributed by atoms with Crippen LogP contribution in [0.25, 0.3) is 12.2 Å². The van der Waals surface area contributed by atoms with Gasteiger partial charge in [0.25, 0.3) is 0 Å². The molecule has 2 unspecified atom stereocenters. The number of allylic oxidation sites excluding steroid dienone is 2. The van der Waals surface area contributed by atoms with Gasteiger partial charge in [-0.05, 0) is 0 Å². The molecule has 0 fully saturated rings. The van der Waals surface area contributed by atoms with Crippen molar-refractivity contribution in [1.82, 2.24) is 0 Å². The third kappa shape index (κ3) is 3.29. The molecule has 2 aliphatic carbocycles. The predicted octanol–water partition coefficient (Wildman–Crippen LogP) is 5.77. The van der Waals surface area contributed by atoms with E-state index in [0.717, 1.165) is 22.3 Å². The number of carbonyl (C=O) groups excluding carboxylic acids is 2. The van der Waals surface area contributed by atoms with Crippen molar-refractivity contribution in [3.63, 3.8) is 0 Å². The number of fused-ring (bicyclic) bond motifs is 2. The topological polar surface area (TPSA) is 52.6 Å². The zero-order chi connectivity index (χ0) is 22.1. The summed E-state index contributed by atoms with van der Waals surface area (Å²) in [6.45, 7) is 5.45. The van der Waals surface area contributed by atoms with E-state index in [1.54, 1.807) is 13.8 Å². The van der Waals surface area contributed by atoms with Crippen molar-refractivity contribution in [3.8, 4) is 0 Å². The fraction of sp³-hybridized carbons (Fsp3) is 0.269. The van der Waals surface area contributed by atoms with Gasteiger partial charge in [0, 0.05) is 0 Å². The summed E-state index contributed by atoms with van der Waals surface area (Å²) in [5.74, 6) is -0.677. The first-order valence-corrected chi connectivity index (χ1v) is 14.9. The van der Waals surface area contributed by atoms with E-state index in [4.69, 9.17) is 6.64 Å². The van der Waals surface area contributed by atoms with E-state index < -0.39 is 15.6 Å². The monoisotopic (exact) mass is 452 g/mol. The van der Waals surface area contributed by atoms with Crippen LogP contribution in [0.2, 0.25) is 0 Å². The zero-order valence-electron chi connectivity index (χ0n) is 18.2. The Balaban J connectivity index is 2.06. The minimum absolute atomic E-state index is 0.215. The van der Waals surface area contributed by atoms with Crippen LogP contribution >= 0.6 is 0 Å². The molecule has 2 atom stereocenters. The van der Waals surface area contributed by atoms with Gasteiger partial charge in [0.2, 0.25) is 0 Å². The summed E-state index contributed by atoms with van der Waals surface area (Å²) in [7, 11) is 0. The molecule has 0 heterocycles. The van der Waals surface area contributed by atoms with E-state index in [0.29, 0.717) is 0 Å². The van der Waals surface area contributed by atoms with Crippen molar-refractivity contribution in [1.29, 1.82) is 0 Å². The second-order valence-corrected chi connectivity index (χ2v) is 15.7. The van der Waals surface area contributed by atoms with Crippen LogP contribution in [0, 0.1) is 0 Å². The van der Waals surface area contributed by atoms with E-state index in [9.17, 15) is 9.59 Å². The van der Waals surface area contributed by atoms with Crippen LogP contribution < -0.4 is 0 Å². The van der Waals surface area contributed by atoms with Gasteiger partial charge in [0.05, 0.1) is 0 Å². The van der Waals surface area contributed by atoms with Gasteiger partial charge in [-0.25, -0.2) is 0 Å². The van der Waals surface area contributed by atoms with Gasteiger partial charge >= 0.3 is 185 Å². The van der Waals surface area contributed by atoms with Gasteiger partial charge in [0.15, 0.2) is 0 Å². The minimum atomic E-state index is -5.11.